The molecule has 0 aromatic heterocycles. The van der Waals surface area contributed by atoms with Crippen LogP contribution in [-0.2, 0) is 0 Å². The van der Waals surface area contributed by atoms with Gasteiger partial charge in [-0.15, -0.1) is 0 Å². The van der Waals surface area contributed by atoms with Gasteiger partial charge < -0.3 is 10.6 Å². The zero-order valence-corrected chi connectivity index (χ0v) is 8.07. The van der Waals surface area contributed by atoms with Gasteiger partial charge in [0.15, 0.2) is 5.96 Å². The lowest BCUT2D eigenvalue weighted by molar-refractivity contribution is 0.158. The summed E-state index contributed by atoms with van der Waals surface area (Å²) in [6.07, 6.45) is -2.40. The average Bonchev–Trinajstić information content (AvgIpc) is 2.15. The number of nitrogens with two attached hydrogens (primary N) is 1. The van der Waals surface area contributed by atoms with E-state index in [9.17, 15) is 8.78 Å². The van der Waals surface area contributed by atoms with Gasteiger partial charge in [0.1, 0.15) is 6.54 Å². The van der Waals surface area contributed by atoms with Crippen LogP contribution in [0, 0.1) is 0 Å². The standard InChI is InChI=1S/C7H13F2N3S/c8-6(9)5-11-7(10)12-1-3-13-4-2-12/h6H,1-5H2,(H2,10,11). The van der Waals surface area contributed by atoms with Crippen molar-refractivity contribution in [3.8, 4) is 0 Å². The van der Waals surface area contributed by atoms with E-state index in [0.29, 0.717) is 0 Å². The highest BCUT2D eigenvalue weighted by Gasteiger charge is 2.12. The van der Waals surface area contributed by atoms with Crippen LogP contribution in [0.4, 0.5) is 8.78 Å². The zero-order chi connectivity index (χ0) is 9.68. The SMILES string of the molecule is NC(=NCC(F)F)N1CCSCC1. The molecule has 0 aromatic carbocycles. The second-order valence-corrected chi connectivity index (χ2v) is 3.91. The van der Waals surface area contributed by atoms with E-state index < -0.39 is 13.0 Å². The Kier molecular flexibility index (Phi) is 4.27. The number of nitrogens with zero attached hydrogens (tertiary/aromatic N) is 2. The Balaban J connectivity index is 2.35. The molecule has 0 bridgehead atoms. The first-order valence-electron chi connectivity index (χ1n) is 4.11. The van der Waals surface area contributed by atoms with E-state index in [2.05, 4.69) is 4.99 Å². The Morgan fingerprint density at radius 2 is 2.08 bits per heavy atom. The van der Waals surface area contributed by atoms with Crippen molar-refractivity contribution in [3.63, 3.8) is 0 Å². The Bertz CT molecular complexity index is 181. The third-order valence-electron chi connectivity index (χ3n) is 1.73. The smallest absolute Gasteiger partial charge is 0.257 e. The van der Waals surface area contributed by atoms with Crippen LogP contribution in [0.3, 0.4) is 0 Å². The normalized spacial score (nSPS) is 19.6. The fourth-order valence-corrected chi connectivity index (χ4v) is 1.96. The van der Waals surface area contributed by atoms with Gasteiger partial charge in [-0.05, 0) is 0 Å². The maximum absolute atomic E-state index is 11.8. The fraction of sp³-hybridized carbons (Fsp3) is 0.857. The molecule has 1 saturated heterocycles. The van der Waals surface area contributed by atoms with Gasteiger partial charge in [-0.3, -0.25) is 0 Å². The topological polar surface area (TPSA) is 41.6 Å². The molecule has 1 aliphatic heterocycles. The lowest BCUT2D eigenvalue weighted by atomic mass is 10.5. The number of hydrogen-bond donors (Lipinski definition) is 1. The Labute approximate surface area is 80.4 Å². The van der Waals surface area contributed by atoms with Crippen LogP contribution in [0.1, 0.15) is 0 Å². The van der Waals surface area contributed by atoms with E-state index in [-0.39, 0.29) is 5.96 Å². The molecule has 0 unspecified atom stereocenters. The van der Waals surface area contributed by atoms with Crippen molar-refractivity contribution in [2.24, 2.45) is 10.7 Å². The lowest BCUT2D eigenvalue weighted by Crippen LogP contribution is -2.42. The quantitative estimate of drug-likeness (QED) is 0.535. The molecule has 6 heteroatoms. The molecule has 0 aromatic rings. The summed E-state index contributed by atoms with van der Waals surface area (Å²) in [5.74, 6) is 2.23. The summed E-state index contributed by atoms with van der Waals surface area (Å²) in [5.41, 5.74) is 5.53. The van der Waals surface area contributed by atoms with Crippen LogP contribution in [0.15, 0.2) is 4.99 Å². The highest BCUT2D eigenvalue weighted by Crippen LogP contribution is 2.08. The maximum Gasteiger partial charge on any atom is 0.257 e. The molecule has 0 spiro atoms. The first-order chi connectivity index (χ1) is 6.20. The van der Waals surface area contributed by atoms with Crippen molar-refractivity contribution in [3.05, 3.63) is 0 Å². The van der Waals surface area contributed by atoms with E-state index in [1.165, 1.54) is 0 Å². The lowest BCUT2D eigenvalue weighted by Gasteiger charge is -2.27. The summed E-state index contributed by atoms with van der Waals surface area (Å²) >= 11 is 1.84. The Morgan fingerprint density at radius 1 is 1.46 bits per heavy atom. The summed E-state index contributed by atoms with van der Waals surface area (Å²) in [6, 6.07) is 0. The summed E-state index contributed by atoms with van der Waals surface area (Å²) in [4.78, 5) is 5.45. The summed E-state index contributed by atoms with van der Waals surface area (Å²) < 4.78 is 23.6. The minimum atomic E-state index is -2.40. The van der Waals surface area contributed by atoms with Gasteiger partial charge in [-0.1, -0.05) is 0 Å². The second-order valence-electron chi connectivity index (χ2n) is 2.69. The first-order valence-corrected chi connectivity index (χ1v) is 5.26. The fourth-order valence-electron chi connectivity index (χ4n) is 1.05. The van der Waals surface area contributed by atoms with Crippen LogP contribution >= 0.6 is 11.8 Å². The van der Waals surface area contributed by atoms with Crippen molar-refractivity contribution >= 4 is 17.7 Å². The third kappa shape index (κ3) is 3.80. The van der Waals surface area contributed by atoms with Gasteiger partial charge in [-0.25, -0.2) is 13.8 Å². The van der Waals surface area contributed by atoms with Crippen LogP contribution < -0.4 is 5.73 Å². The van der Waals surface area contributed by atoms with Crippen molar-refractivity contribution in [2.45, 2.75) is 6.43 Å². The average molecular weight is 209 g/mol. The van der Waals surface area contributed by atoms with Gasteiger partial charge in [0.2, 0.25) is 0 Å². The van der Waals surface area contributed by atoms with Crippen LogP contribution in [0.5, 0.6) is 0 Å². The third-order valence-corrected chi connectivity index (χ3v) is 2.67. The highest BCUT2D eigenvalue weighted by molar-refractivity contribution is 7.99. The van der Waals surface area contributed by atoms with Crippen molar-refractivity contribution in [2.75, 3.05) is 31.1 Å². The predicted octanol–water partition coefficient (Wildman–Crippen LogP) is 0.615. The maximum atomic E-state index is 11.8. The minimum Gasteiger partial charge on any atom is -0.370 e. The van der Waals surface area contributed by atoms with Crippen LogP contribution in [0.25, 0.3) is 0 Å². The number of guanidine groups is 1. The number of rotatable bonds is 2. The van der Waals surface area contributed by atoms with Crippen molar-refractivity contribution < 1.29 is 8.78 Å². The Hall–Kier alpha value is -0.520. The van der Waals surface area contributed by atoms with Gasteiger partial charge in [-0.2, -0.15) is 11.8 Å². The molecule has 0 radical (unpaired) electrons. The van der Waals surface area contributed by atoms with E-state index in [1.54, 1.807) is 0 Å². The van der Waals surface area contributed by atoms with Crippen molar-refractivity contribution in [1.82, 2.24) is 4.90 Å². The van der Waals surface area contributed by atoms with Gasteiger partial charge in [0, 0.05) is 24.6 Å². The molecule has 0 saturated carbocycles. The minimum absolute atomic E-state index is 0.251. The highest BCUT2D eigenvalue weighted by atomic mass is 32.2. The molecule has 2 N–H and O–H groups in total. The molecule has 1 heterocycles. The molecule has 13 heavy (non-hydrogen) atoms. The predicted molar refractivity (Wildman–Crippen MR) is 51.4 cm³/mol. The molecular weight excluding hydrogens is 196 g/mol. The molecule has 76 valence electrons. The summed E-state index contributed by atoms with van der Waals surface area (Å²) in [7, 11) is 0. The number of aliphatic imine (C=N–C) groups is 1. The van der Waals surface area contributed by atoms with E-state index >= 15 is 0 Å². The zero-order valence-electron chi connectivity index (χ0n) is 7.25. The molecule has 0 atom stereocenters. The van der Waals surface area contributed by atoms with Gasteiger partial charge in [0.25, 0.3) is 6.43 Å². The number of alkyl halides is 2. The largest absolute Gasteiger partial charge is 0.370 e. The van der Waals surface area contributed by atoms with E-state index in [1.807, 2.05) is 16.7 Å². The summed E-state index contributed by atoms with van der Waals surface area (Å²) in [5, 5.41) is 0. The summed E-state index contributed by atoms with van der Waals surface area (Å²) in [6.45, 7) is 1.13. The number of thioether (sulfide) groups is 1. The first kappa shape index (κ1) is 10.6. The molecule has 1 rings (SSSR count). The van der Waals surface area contributed by atoms with Gasteiger partial charge >= 0.3 is 0 Å². The van der Waals surface area contributed by atoms with Crippen LogP contribution in [-0.4, -0.2) is 48.4 Å². The number of hydrogen-bond acceptors (Lipinski definition) is 2. The molecule has 3 nitrogen and oxygen atoms in total. The van der Waals surface area contributed by atoms with E-state index in [4.69, 9.17) is 5.73 Å². The molecule has 1 fully saturated rings. The van der Waals surface area contributed by atoms with Gasteiger partial charge in [0.05, 0.1) is 0 Å². The molecule has 1 aliphatic rings. The monoisotopic (exact) mass is 209 g/mol. The van der Waals surface area contributed by atoms with E-state index in [0.717, 1.165) is 24.6 Å². The number of halogens is 2. The molecule has 0 aliphatic carbocycles. The van der Waals surface area contributed by atoms with Crippen LogP contribution in [0.2, 0.25) is 0 Å². The Morgan fingerprint density at radius 3 is 2.62 bits per heavy atom. The molecular formula is C7H13F2N3S. The van der Waals surface area contributed by atoms with Crippen molar-refractivity contribution in [1.29, 1.82) is 0 Å². The second kappa shape index (κ2) is 5.26. The molecule has 0 amide bonds.